The molecule has 0 unspecified atom stereocenters. The van der Waals surface area contributed by atoms with Crippen LogP contribution in [0.2, 0.25) is 0 Å². The number of ether oxygens (including phenoxy) is 1. The molecule has 10 heteroatoms. The van der Waals surface area contributed by atoms with Crippen LogP contribution in [0.25, 0.3) is 0 Å². The van der Waals surface area contributed by atoms with Crippen molar-refractivity contribution in [2.24, 2.45) is 0 Å². The Balaban J connectivity index is 2.39. The molecule has 5 nitrogen and oxygen atoms in total. The van der Waals surface area contributed by atoms with Crippen LogP contribution in [-0.2, 0) is 17.4 Å². The van der Waals surface area contributed by atoms with Crippen LogP contribution in [-0.4, -0.2) is 19.9 Å². The minimum atomic E-state index is -5.76. The van der Waals surface area contributed by atoms with Crippen molar-refractivity contribution in [1.29, 1.82) is 0 Å². The predicted octanol–water partition coefficient (Wildman–Crippen LogP) is 4.11. The summed E-state index contributed by atoms with van der Waals surface area (Å²) in [7, 11) is -5.76. The van der Waals surface area contributed by atoms with E-state index in [-0.39, 0.29) is 9.32 Å². The summed E-state index contributed by atoms with van der Waals surface area (Å²) in [6.07, 6.45) is 0.954. The first kappa shape index (κ1) is 20.4. The second-order valence-corrected chi connectivity index (χ2v) is 11.1. The quantitative estimate of drug-likeness (QED) is 0.197. The molecule has 0 N–H and O–H groups in total. The normalized spacial score (nSPS) is 12.3. The Labute approximate surface area is 155 Å². The van der Waals surface area contributed by atoms with E-state index in [4.69, 9.17) is 4.74 Å². The summed E-state index contributed by atoms with van der Waals surface area (Å²) < 4.78 is 71.2. The molecule has 0 fully saturated rings. The Bertz CT molecular complexity index is 880. The average Bonchev–Trinajstić information content (AvgIpc) is 2.60. The third-order valence-electron chi connectivity index (χ3n) is 2.76. The Kier molecular flexibility index (Phi) is 6.42. The van der Waals surface area contributed by atoms with Gasteiger partial charge in [-0.3, -0.25) is 0 Å². The Morgan fingerprint density at radius 3 is 2.04 bits per heavy atom. The summed E-state index contributed by atoms with van der Waals surface area (Å²) in [5.41, 5.74) is -5.52. The van der Waals surface area contributed by atoms with Crippen LogP contribution in [0.3, 0.4) is 0 Å². The van der Waals surface area contributed by atoms with Gasteiger partial charge in [-0.15, -0.1) is 0 Å². The van der Waals surface area contributed by atoms with Crippen molar-refractivity contribution in [3.05, 3.63) is 74.4 Å². The zero-order chi connectivity index (χ0) is 19.4. The topological polar surface area (TPSA) is 69.7 Å². The molecule has 26 heavy (non-hydrogen) atoms. The van der Waals surface area contributed by atoms with Gasteiger partial charge in [-0.2, -0.15) is 0 Å². The van der Waals surface area contributed by atoms with Gasteiger partial charge in [0, 0.05) is 0 Å². The van der Waals surface area contributed by atoms with Crippen molar-refractivity contribution in [3.8, 4) is 5.75 Å². The number of rotatable bonds is 6. The summed E-state index contributed by atoms with van der Waals surface area (Å²) in [5, 5.41) is 0. The molecule has 0 aliphatic rings. The Morgan fingerprint density at radius 1 is 1.00 bits per heavy atom. The van der Waals surface area contributed by atoms with Crippen LogP contribution in [0.4, 0.5) is 13.2 Å². The van der Waals surface area contributed by atoms with E-state index in [0.717, 1.165) is 6.08 Å². The number of alkyl halides is 3. The molecule has 0 aromatic heterocycles. The minimum absolute atomic E-state index is 0.140. The zero-order valence-corrected chi connectivity index (χ0v) is 15.9. The van der Waals surface area contributed by atoms with Gasteiger partial charge >= 0.3 is 156 Å². The number of halogens is 4. The van der Waals surface area contributed by atoms with E-state index < -0.39 is 41.8 Å². The molecule has 2 aromatic rings. The molecule has 0 aliphatic carbocycles. The van der Waals surface area contributed by atoms with E-state index in [0.29, 0.717) is 3.57 Å². The molecule has 0 bridgehead atoms. The van der Waals surface area contributed by atoms with E-state index >= 15 is 0 Å². The van der Waals surface area contributed by atoms with E-state index in [1.165, 1.54) is 36.4 Å². The van der Waals surface area contributed by atoms with Gasteiger partial charge in [0.25, 0.3) is 0 Å². The molecule has 0 aliphatic heterocycles. The molecule has 0 saturated heterocycles. The number of carbonyl (C=O) groups excluding carboxylic acids is 1. The standard InChI is InChI=1S/C16H12F3IO5S/c1-2-15(21)24-14-10-8-13(9-11-14)20(12-6-4-3-5-7-12)25-26(22,23)16(17,18)19/h2-11H,1H2. The Hall–Kier alpha value is -1.92. The maximum absolute atomic E-state index is 12.7. The van der Waals surface area contributed by atoms with Gasteiger partial charge < -0.3 is 0 Å². The van der Waals surface area contributed by atoms with Gasteiger partial charge in [0.1, 0.15) is 0 Å². The average molecular weight is 500 g/mol. The summed E-state index contributed by atoms with van der Waals surface area (Å²) >= 11 is -3.42. The first-order valence-electron chi connectivity index (χ1n) is 6.84. The van der Waals surface area contributed by atoms with Gasteiger partial charge in [0.2, 0.25) is 0 Å². The molecule has 0 heterocycles. The van der Waals surface area contributed by atoms with Crippen LogP contribution in [0.5, 0.6) is 5.75 Å². The number of hydrogen-bond acceptors (Lipinski definition) is 5. The van der Waals surface area contributed by atoms with Crippen molar-refractivity contribution in [2.45, 2.75) is 5.51 Å². The number of esters is 1. The van der Waals surface area contributed by atoms with Gasteiger partial charge in [0.15, 0.2) is 0 Å². The zero-order valence-electron chi connectivity index (χ0n) is 12.9. The molecule has 0 spiro atoms. The van der Waals surface area contributed by atoms with Crippen LogP contribution >= 0.6 is 20.2 Å². The van der Waals surface area contributed by atoms with Gasteiger partial charge in [0.05, 0.1) is 0 Å². The molecule has 0 amide bonds. The summed E-state index contributed by atoms with van der Waals surface area (Å²) in [4.78, 5) is 11.2. The SMILES string of the molecule is C=CC(=O)Oc1ccc(I(OS(=O)(=O)C(F)(F)F)c2ccccc2)cc1. The number of hydrogen-bond donors (Lipinski definition) is 0. The fourth-order valence-corrected chi connectivity index (χ4v) is 8.08. The van der Waals surface area contributed by atoms with Crippen LogP contribution in [0.15, 0.2) is 67.3 Å². The number of carbonyl (C=O) groups is 1. The van der Waals surface area contributed by atoms with Crippen molar-refractivity contribution in [2.75, 3.05) is 0 Å². The molecule has 140 valence electrons. The first-order valence-corrected chi connectivity index (χ1v) is 11.3. The van der Waals surface area contributed by atoms with Crippen molar-refractivity contribution in [1.82, 2.24) is 0 Å². The van der Waals surface area contributed by atoms with E-state index in [1.807, 2.05) is 0 Å². The fourth-order valence-electron chi connectivity index (χ4n) is 1.62. The van der Waals surface area contributed by atoms with Crippen molar-refractivity contribution < 1.29 is 33.6 Å². The molecule has 2 aromatic carbocycles. The number of benzene rings is 2. The summed E-state index contributed by atoms with van der Waals surface area (Å²) in [6.45, 7) is 3.25. The molecule has 0 atom stereocenters. The first-order chi connectivity index (χ1) is 12.1. The van der Waals surface area contributed by atoms with Crippen LogP contribution < -0.4 is 4.74 Å². The van der Waals surface area contributed by atoms with Crippen LogP contribution in [0, 0.1) is 7.14 Å². The predicted molar refractivity (Wildman–Crippen MR) is 96.2 cm³/mol. The molecule has 0 radical (unpaired) electrons. The second-order valence-electron chi connectivity index (χ2n) is 4.59. The Morgan fingerprint density at radius 2 is 1.54 bits per heavy atom. The molecule has 2 rings (SSSR count). The second kappa shape index (κ2) is 8.18. The van der Waals surface area contributed by atoms with Gasteiger partial charge in [-0.1, -0.05) is 0 Å². The van der Waals surface area contributed by atoms with Gasteiger partial charge in [-0.25, -0.2) is 0 Å². The summed E-state index contributed by atoms with van der Waals surface area (Å²) in [5.74, 6) is -0.562. The van der Waals surface area contributed by atoms with Crippen molar-refractivity contribution in [3.63, 3.8) is 0 Å². The fraction of sp³-hybridized carbons (Fsp3) is 0.0625. The third kappa shape index (κ3) is 5.05. The molecular weight excluding hydrogens is 488 g/mol. The third-order valence-corrected chi connectivity index (χ3v) is 9.82. The monoisotopic (exact) mass is 500 g/mol. The van der Waals surface area contributed by atoms with E-state index in [9.17, 15) is 26.4 Å². The van der Waals surface area contributed by atoms with Crippen molar-refractivity contribution >= 4 is 36.3 Å². The van der Waals surface area contributed by atoms with Gasteiger partial charge in [-0.05, 0) is 0 Å². The molecule has 0 saturated carbocycles. The maximum atomic E-state index is 12.7. The van der Waals surface area contributed by atoms with Crippen LogP contribution in [0.1, 0.15) is 0 Å². The van der Waals surface area contributed by atoms with E-state index in [2.05, 4.69) is 9.09 Å². The van der Waals surface area contributed by atoms with E-state index in [1.54, 1.807) is 18.2 Å². The summed E-state index contributed by atoms with van der Waals surface area (Å²) in [6, 6.07) is 13.2. The molecular formula is C16H12F3IO5S.